The van der Waals surface area contributed by atoms with Crippen molar-refractivity contribution < 1.29 is 14.7 Å². The fourth-order valence-electron chi connectivity index (χ4n) is 4.97. The van der Waals surface area contributed by atoms with Crippen molar-refractivity contribution in [1.29, 1.82) is 0 Å². The van der Waals surface area contributed by atoms with Gasteiger partial charge in [-0.15, -0.1) is 0 Å². The van der Waals surface area contributed by atoms with Crippen LogP contribution in [0.5, 0.6) is 0 Å². The second-order valence-electron chi connectivity index (χ2n) is 8.18. The molecule has 1 fully saturated rings. The molecule has 1 aliphatic carbocycles. The molecule has 2 N–H and O–H groups in total. The molecule has 1 amide bonds. The average molecular weight is 443 g/mol. The van der Waals surface area contributed by atoms with Gasteiger partial charge in [0.05, 0.1) is 11.5 Å². The molecule has 0 radical (unpaired) electrons. The van der Waals surface area contributed by atoms with E-state index in [4.69, 9.17) is 23.2 Å². The van der Waals surface area contributed by atoms with Crippen molar-refractivity contribution in [3.8, 4) is 0 Å². The predicted molar refractivity (Wildman–Crippen MR) is 116 cm³/mol. The molecule has 2 heterocycles. The molecule has 1 aromatic heterocycles. The Morgan fingerprint density at radius 3 is 2.40 bits per heavy atom. The number of aromatic amines is 1. The quantitative estimate of drug-likeness (QED) is 0.564. The first-order chi connectivity index (χ1) is 14.4. The highest BCUT2D eigenvalue weighted by molar-refractivity contribution is 6.31. The van der Waals surface area contributed by atoms with Crippen LogP contribution in [0, 0.1) is 5.41 Å². The van der Waals surface area contributed by atoms with Crippen LogP contribution in [0.1, 0.15) is 46.9 Å². The molecule has 7 heteroatoms. The molecule has 5 rings (SSSR count). The van der Waals surface area contributed by atoms with Crippen molar-refractivity contribution in [2.24, 2.45) is 5.41 Å². The molecule has 2 aliphatic rings. The molecular weight excluding hydrogens is 423 g/mol. The minimum atomic E-state index is -0.984. The molecule has 0 saturated heterocycles. The smallest absolute Gasteiger partial charge is 0.312 e. The van der Waals surface area contributed by atoms with Gasteiger partial charge < -0.3 is 15.0 Å². The minimum Gasteiger partial charge on any atom is -0.481 e. The highest BCUT2D eigenvalue weighted by atomic mass is 35.5. The standard InChI is InChI=1S/C23H20Cl2N2O3/c24-14-4-2-13(3-5-14)21(28)27-11-8-16-17-12-15(25)6-7-18(17)26-19(16)20(27)23(22(29)30)9-1-10-23/h2-7,12,20,26H,1,8-11H2,(H,29,30). The highest BCUT2D eigenvalue weighted by Crippen LogP contribution is 2.55. The van der Waals surface area contributed by atoms with Crippen LogP contribution in [0.3, 0.4) is 0 Å². The lowest BCUT2D eigenvalue weighted by molar-refractivity contribution is -0.161. The Hall–Kier alpha value is -2.50. The van der Waals surface area contributed by atoms with Crippen molar-refractivity contribution in [2.75, 3.05) is 6.54 Å². The van der Waals surface area contributed by atoms with E-state index in [9.17, 15) is 14.7 Å². The van der Waals surface area contributed by atoms with Crippen LogP contribution in [0.4, 0.5) is 0 Å². The van der Waals surface area contributed by atoms with E-state index in [1.165, 1.54) is 0 Å². The second-order valence-corrected chi connectivity index (χ2v) is 9.05. The van der Waals surface area contributed by atoms with Gasteiger partial charge in [-0.2, -0.15) is 0 Å². The molecule has 5 nitrogen and oxygen atoms in total. The number of carbonyl (C=O) groups is 2. The van der Waals surface area contributed by atoms with E-state index in [0.717, 1.165) is 28.6 Å². The Bertz CT molecular complexity index is 1170. The minimum absolute atomic E-state index is 0.175. The monoisotopic (exact) mass is 442 g/mol. The number of halogens is 2. The number of amides is 1. The lowest BCUT2D eigenvalue weighted by Crippen LogP contribution is -2.54. The molecule has 154 valence electrons. The maximum Gasteiger partial charge on any atom is 0.312 e. The number of rotatable bonds is 3. The third-order valence-electron chi connectivity index (χ3n) is 6.64. The van der Waals surface area contributed by atoms with E-state index in [-0.39, 0.29) is 5.91 Å². The number of H-pyrrole nitrogens is 1. The summed E-state index contributed by atoms with van der Waals surface area (Å²) in [7, 11) is 0. The molecule has 1 saturated carbocycles. The maximum atomic E-state index is 13.5. The number of fused-ring (bicyclic) bond motifs is 3. The van der Waals surface area contributed by atoms with Gasteiger partial charge in [0.15, 0.2) is 0 Å². The normalized spacial score (nSPS) is 19.9. The van der Waals surface area contributed by atoms with E-state index >= 15 is 0 Å². The molecular formula is C23H20Cl2N2O3. The molecule has 30 heavy (non-hydrogen) atoms. The number of carboxylic acids is 1. The Morgan fingerprint density at radius 1 is 1.07 bits per heavy atom. The Morgan fingerprint density at radius 2 is 1.77 bits per heavy atom. The molecule has 1 aliphatic heterocycles. The zero-order valence-corrected chi connectivity index (χ0v) is 17.6. The van der Waals surface area contributed by atoms with Gasteiger partial charge >= 0.3 is 5.97 Å². The van der Waals surface area contributed by atoms with E-state index in [2.05, 4.69) is 4.98 Å². The molecule has 2 aromatic carbocycles. The first-order valence-corrected chi connectivity index (χ1v) is 10.8. The number of benzene rings is 2. The number of hydrogen-bond donors (Lipinski definition) is 2. The van der Waals surface area contributed by atoms with E-state index in [0.29, 0.717) is 41.4 Å². The van der Waals surface area contributed by atoms with Crippen molar-refractivity contribution in [1.82, 2.24) is 9.88 Å². The summed E-state index contributed by atoms with van der Waals surface area (Å²) in [6.07, 6.45) is 2.58. The number of carboxylic acid groups (broad SMARTS) is 1. The summed E-state index contributed by atoms with van der Waals surface area (Å²) in [5, 5.41) is 12.4. The summed E-state index contributed by atoms with van der Waals surface area (Å²) >= 11 is 12.2. The third kappa shape index (κ3) is 2.83. The Balaban J connectivity index is 1.67. The van der Waals surface area contributed by atoms with Crippen molar-refractivity contribution in [2.45, 2.75) is 31.7 Å². The third-order valence-corrected chi connectivity index (χ3v) is 7.12. The summed E-state index contributed by atoms with van der Waals surface area (Å²) in [6.45, 7) is 0.452. The number of aromatic nitrogens is 1. The van der Waals surface area contributed by atoms with Crippen LogP contribution >= 0.6 is 23.2 Å². The van der Waals surface area contributed by atoms with E-state index in [1.807, 2.05) is 18.2 Å². The first-order valence-electron chi connectivity index (χ1n) is 10.0. The summed E-state index contributed by atoms with van der Waals surface area (Å²) in [6, 6.07) is 11.8. The van der Waals surface area contributed by atoms with Crippen LogP contribution in [0.15, 0.2) is 42.5 Å². The fourth-order valence-corrected chi connectivity index (χ4v) is 5.27. The number of carbonyl (C=O) groups excluding carboxylic acids is 1. The largest absolute Gasteiger partial charge is 0.481 e. The lowest BCUT2D eigenvalue weighted by atomic mass is 9.61. The lowest BCUT2D eigenvalue weighted by Gasteiger charge is -2.50. The van der Waals surface area contributed by atoms with Crippen molar-refractivity contribution in [3.63, 3.8) is 0 Å². The Labute approximate surface area is 183 Å². The van der Waals surface area contributed by atoms with Gasteiger partial charge in [-0.3, -0.25) is 9.59 Å². The summed E-state index contributed by atoms with van der Waals surface area (Å²) in [4.78, 5) is 31.1. The highest BCUT2D eigenvalue weighted by Gasteiger charge is 2.56. The van der Waals surface area contributed by atoms with Gasteiger partial charge in [-0.1, -0.05) is 29.6 Å². The van der Waals surface area contributed by atoms with Crippen molar-refractivity contribution in [3.05, 3.63) is 69.3 Å². The zero-order valence-electron chi connectivity index (χ0n) is 16.1. The number of nitrogens with one attached hydrogen (secondary N) is 1. The van der Waals surface area contributed by atoms with Crippen LogP contribution < -0.4 is 0 Å². The molecule has 1 unspecified atom stereocenters. The summed E-state index contributed by atoms with van der Waals surface area (Å²) in [5.74, 6) is -1.02. The topological polar surface area (TPSA) is 73.4 Å². The number of nitrogens with zero attached hydrogens (tertiary/aromatic N) is 1. The summed E-state index contributed by atoms with van der Waals surface area (Å²) < 4.78 is 0. The molecule has 0 spiro atoms. The second kappa shape index (κ2) is 7.03. The van der Waals surface area contributed by atoms with Crippen molar-refractivity contribution >= 4 is 46.0 Å². The molecule has 0 bridgehead atoms. The molecule has 1 atom stereocenters. The summed E-state index contributed by atoms with van der Waals surface area (Å²) in [5.41, 5.74) is 2.32. The van der Waals surface area contributed by atoms with Gasteiger partial charge in [-0.25, -0.2) is 0 Å². The van der Waals surface area contributed by atoms with Gasteiger partial charge in [0.2, 0.25) is 0 Å². The average Bonchev–Trinajstić information content (AvgIpc) is 3.05. The predicted octanol–water partition coefficient (Wildman–Crippen LogP) is 5.47. The van der Waals surface area contributed by atoms with Crippen LogP contribution in [-0.4, -0.2) is 33.4 Å². The van der Waals surface area contributed by atoms with Crippen LogP contribution in [0.25, 0.3) is 10.9 Å². The fraction of sp³-hybridized carbons (Fsp3) is 0.304. The zero-order chi connectivity index (χ0) is 21.0. The Kier molecular flexibility index (Phi) is 4.56. The molecule has 3 aromatic rings. The van der Waals surface area contributed by atoms with Gasteiger partial charge in [-0.05, 0) is 67.3 Å². The first kappa shape index (κ1) is 19.5. The van der Waals surface area contributed by atoms with Crippen LogP contribution in [0.2, 0.25) is 10.0 Å². The van der Waals surface area contributed by atoms with E-state index in [1.54, 1.807) is 29.2 Å². The van der Waals surface area contributed by atoms with Crippen LogP contribution in [-0.2, 0) is 11.2 Å². The van der Waals surface area contributed by atoms with Gasteiger partial charge in [0.1, 0.15) is 0 Å². The van der Waals surface area contributed by atoms with Gasteiger partial charge in [0.25, 0.3) is 5.91 Å². The number of aliphatic carboxylic acids is 1. The SMILES string of the molecule is O=C(c1ccc(Cl)cc1)N1CCc2c([nH]c3ccc(Cl)cc23)C1C1(C(=O)O)CCC1. The van der Waals surface area contributed by atoms with E-state index < -0.39 is 17.4 Å². The maximum absolute atomic E-state index is 13.5. The van der Waals surface area contributed by atoms with Gasteiger partial charge in [0, 0.05) is 38.8 Å². The number of hydrogen-bond acceptors (Lipinski definition) is 2.